The van der Waals surface area contributed by atoms with E-state index in [1.165, 1.54) is 5.82 Å². The highest BCUT2D eigenvalue weighted by molar-refractivity contribution is 5.02. The number of hydrogen-bond donors (Lipinski definition) is 1. The normalized spacial score (nSPS) is 13.9. The van der Waals surface area contributed by atoms with E-state index in [2.05, 4.69) is 67.8 Å². The Hall–Kier alpha value is -0.870. The lowest BCUT2D eigenvalue weighted by Crippen LogP contribution is -2.56. The number of hydrogen-bond acceptors (Lipinski definition) is 3. The second-order valence-electron chi connectivity index (χ2n) is 6.30. The number of likely N-dealkylation sites (N-methyl/N-ethyl adjacent to an activating group) is 1. The van der Waals surface area contributed by atoms with Crippen LogP contribution in [0.15, 0.2) is 12.4 Å². The summed E-state index contributed by atoms with van der Waals surface area (Å²) in [5.74, 6) is 1.19. The largest absolute Gasteiger partial charge is 0.335 e. The second kappa shape index (κ2) is 7.79. The van der Waals surface area contributed by atoms with Gasteiger partial charge in [-0.15, -0.1) is 0 Å². The van der Waals surface area contributed by atoms with Crippen LogP contribution in [0.1, 0.15) is 46.4 Å². The van der Waals surface area contributed by atoms with Gasteiger partial charge in [0, 0.05) is 36.9 Å². The van der Waals surface area contributed by atoms with E-state index in [0.29, 0.717) is 6.04 Å². The fourth-order valence-corrected chi connectivity index (χ4v) is 2.36. The van der Waals surface area contributed by atoms with Crippen molar-refractivity contribution in [1.29, 1.82) is 0 Å². The average molecular weight is 280 g/mol. The molecule has 0 bridgehead atoms. The van der Waals surface area contributed by atoms with Crippen LogP contribution in [0.4, 0.5) is 0 Å². The standard InChI is InChI=1S/C16H32N4/c1-7-9-17-14(16(3,4)19(5)6)13-15-18-10-12-20(15)11-8-2/h10,12,14,17H,7-9,11,13H2,1-6H3. The van der Waals surface area contributed by atoms with Crippen molar-refractivity contribution in [3.05, 3.63) is 18.2 Å². The molecule has 20 heavy (non-hydrogen) atoms. The highest BCUT2D eigenvalue weighted by atomic mass is 15.2. The zero-order valence-corrected chi connectivity index (χ0v) is 14.1. The molecule has 4 heteroatoms. The molecular formula is C16H32N4. The molecule has 0 aliphatic rings. The van der Waals surface area contributed by atoms with Crippen LogP contribution in [0, 0.1) is 0 Å². The Kier molecular flexibility index (Phi) is 6.69. The third-order valence-electron chi connectivity index (χ3n) is 4.30. The summed E-state index contributed by atoms with van der Waals surface area (Å²) in [4.78, 5) is 6.86. The van der Waals surface area contributed by atoms with Crippen LogP contribution in [0.3, 0.4) is 0 Å². The highest BCUT2D eigenvalue weighted by Gasteiger charge is 2.32. The number of nitrogens with zero attached hydrogens (tertiary/aromatic N) is 3. The Bertz CT molecular complexity index is 382. The number of aromatic nitrogens is 2. The first-order valence-corrected chi connectivity index (χ1v) is 7.84. The minimum Gasteiger partial charge on any atom is -0.335 e. The highest BCUT2D eigenvalue weighted by Crippen LogP contribution is 2.19. The molecule has 0 radical (unpaired) electrons. The molecular weight excluding hydrogens is 248 g/mol. The Labute approximate surface area is 124 Å². The van der Waals surface area contributed by atoms with Crippen molar-refractivity contribution in [3.63, 3.8) is 0 Å². The predicted molar refractivity (Wildman–Crippen MR) is 86.1 cm³/mol. The lowest BCUT2D eigenvalue weighted by molar-refractivity contribution is 0.135. The summed E-state index contributed by atoms with van der Waals surface area (Å²) in [5, 5.41) is 3.70. The quantitative estimate of drug-likeness (QED) is 0.754. The van der Waals surface area contributed by atoms with E-state index < -0.39 is 0 Å². The van der Waals surface area contributed by atoms with Crippen LogP contribution in [0.2, 0.25) is 0 Å². The third kappa shape index (κ3) is 4.32. The van der Waals surface area contributed by atoms with Gasteiger partial charge in [0.15, 0.2) is 0 Å². The molecule has 0 amide bonds. The van der Waals surface area contributed by atoms with E-state index in [0.717, 1.165) is 32.4 Å². The summed E-state index contributed by atoms with van der Waals surface area (Å²) < 4.78 is 2.28. The monoisotopic (exact) mass is 280 g/mol. The van der Waals surface area contributed by atoms with Gasteiger partial charge in [0.1, 0.15) is 5.82 Å². The van der Waals surface area contributed by atoms with Gasteiger partial charge in [0.05, 0.1) is 0 Å². The average Bonchev–Trinajstić information content (AvgIpc) is 2.82. The minimum absolute atomic E-state index is 0.0954. The van der Waals surface area contributed by atoms with Crippen molar-refractivity contribution in [2.24, 2.45) is 0 Å². The molecule has 1 atom stereocenters. The topological polar surface area (TPSA) is 33.1 Å². The second-order valence-corrected chi connectivity index (χ2v) is 6.30. The first kappa shape index (κ1) is 17.2. The van der Waals surface area contributed by atoms with Crippen molar-refractivity contribution in [3.8, 4) is 0 Å². The maximum atomic E-state index is 4.56. The van der Waals surface area contributed by atoms with Gasteiger partial charge in [-0.05, 0) is 47.3 Å². The number of aryl methyl sites for hydroxylation is 1. The molecule has 0 spiro atoms. The van der Waals surface area contributed by atoms with Crippen LogP contribution in [0.25, 0.3) is 0 Å². The van der Waals surface area contributed by atoms with Crippen LogP contribution >= 0.6 is 0 Å². The van der Waals surface area contributed by atoms with E-state index in [1.807, 2.05) is 6.20 Å². The third-order valence-corrected chi connectivity index (χ3v) is 4.30. The van der Waals surface area contributed by atoms with Gasteiger partial charge in [-0.25, -0.2) is 4.98 Å². The van der Waals surface area contributed by atoms with Crippen LogP contribution < -0.4 is 5.32 Å². The first-order chi connectivity index (χ1) is 9.43. The molecule has 4 nitrogen and oxygen atoms in total. The summed E-state index contributed by atoms with van der Waals surface area (Å²) in [5.41, 5.74) is 0.0954. The van der Waals surface area contributed by atoms with Gasteiger partial charge in [-0.2, -0.15) is 0 Å². The van der Waals surface area contributed by atoms with Crippen molar-refractivity contribution in [2.75, 3.05) is 20.6 Å². The van der Waals surface area contributed by atoms with Crippen molar-refractivity contribution < 1.29 is 0 Å². The molecule has 1 aromatic rings. The summed E-state index contributed by atoms with van der Waals surface area (Å²) >= 11 is 0. The summed E-state index contributed by atoms with van der Waals surface area (Å²) in [6.07, 6.45) is 7.29. The number of nitrogens with one attached hydrogen (secondary N) is 1. The summed E-state index contributed by atoms with van der Waals surface area (Å²) in [6, 6.07) is 0.399. The van der Waals surface area contributed by atoms with Gasteiger partial charge in [-0.3, -0.25) is 0 Å². The molecule has 0 aliphatic carbocycles. The molecule has 116 valence electrons. The maximum Gasteiger partial charge on any atom is 0.110 e. The molecule has 1 aromatic heterocycles. The molecule has 1 rings (SSSR count). The van der Waals surface area contributed by atoms with Crippen molar-refractivity contribution in [1.82, 2.24) is 19.8 Å². The predicted octanol–water partition coefficient (Wildman–Crippen LogP) is 2.54. The molecule has 1 heterocycles. The number of rotatable bonds is 9. The molecule has 1 N–H and O–H groups in total. The van der Waals surface area contributed by atoms with E-state index in [9.17, 15) is 0 Å². The molecule has 0 fully saturated rings. The Morgan fingerprint density at radius 2 is 2.00 bits per heavy atom. The van der Waals surface area contributed by atoms with Gasteiger partial charge in [-0.1, -0.05) is 13.8 Å². The van der Waals surface area contributed by atoms with Crippen LogP contribution in [0.5, 0.6) is 0 Å². The molecule has 0 aromatic carbocycles. The first-order valence-electron chi connectivity index (χ1n) is 7.84. The van der Waals surface area contributed by atoms with Crippen molar-refractivity contribution >= 4 is 0 Å². The molecule has 0 aliphatic heterocycles. The summed E-state index contributed by atoms with van der Waals surface area (Å²) in [7, 11) is 4.30. The van der Waals surface area contributed by atoms with Gasteiger partial charge < -0.3 is 14.8 Å². The van der Waals surface area contributed by atoms with E-state index in [1.54, 1.807) is 0 Å². The maximum absolute atomic E-state index is 4.56. The zero-order chi connectivity index (χ0) is 15.2. The Balaban J connectivity index is 2.86. The SMILES string of the molecule is CCCNC(Cc1nccn1CCC)C(C)(C)N(C)C. The summed E-state index contributed by atoms with van der Waals surface area (Å²) in [6.45, 7) is 11.1. The van der Waals surface area contributed by atoms with Gasteiger partial charge in [0.25, 0.3) is 0 Å². The fraction of sp³-hybridized carbons (Fsp3) is 0.812. The fourth-order valence-electron chi connectivity index (χ4n) is 2.36. The smallest absolute Gasteiger partial charge is 0.110 e. The van der Waals surface area contributed by atoms with Crippen LogP contribution in [-0.4, -0.2) is 46.7 Å². The zero-order valence-electron chi connectivity index (χ0n) is 14.1. The van der Waals surface area contributed by atoms with Gasteiger partial charge in [0.2, 0.25) is 0 Å². The lowest BCUT2D eigenvalue weighted by atomic mass is 9.90. The van der Waals surface area contributed by atoms with Crippen LogP contribution in [-0.2, 0) is 13.0 Å². The van der Waals surface area contributed by atoms with Crippen molar-refractivity contribution in [2.45, 2.75) is 65.1 Å². The van der Waals surface area contributed by atoms with E-state index in [4.69, 9.17) is 0 Å². The lowest BCUT2D eigenvalue weighted by Gasteiger charge is -2.40. The molecule has 1 unspecified atom stereocenters. The molecule has 0 saturated heterocycles. The Morgan fingerprint density at radius 3 is 2.55 bits per heavy atom. The van der Waals surface area contributed by atoms with E-state index >= 15 is 0 Å². The number of imidazole rings is 1. The Morgan fingerprint density at radius 1 is 1.30 bits per heavy atom. The van der Waals surface area contributed by atoms with Gasteiger partial charge >= 0.3 is 0 Å². The minimum atomic E-state index is 0.0954. The molecule has 0 saturated carbocycles. The van der Waals surface area contributed by atoms with E-state index in [-0.39, 0.29) is 5.54 Å².